The third kappa shape index (κ3) is 3.95. The number of thiazole rings is 1. The Labute approximate surface area is 131 Å². The maximum absolute atomic E-state index is 12.0. The van der Waals surface area contributed by atoms with Gasteiger partial charge in [0, 0.05) is 24.2 Å². The first-order valence-corrected chi connectivity index (χ1v) is 7.21. The van der Waals surface area contributed by atoms with Crippen molar-refractivity contribution in [2.24, 2.45) is 0 Å². The van der Waals surface area contributed by atoms with Crippen molar-refractivity contribution in [2.75, 3.05) is 26.0 Å². The summed E-state index contributed by atoms with van der Waals surface area (Å²) < 4.78 is 5.13. The van der Waals surface area contributed by atoms with Gasteiger partial charge in [0.1, 0.15) is 18.0 Å². The summed E-state index contributed by atoms with van der Waals surface area (Å²) in [7, 11) is 3.00. The number of carbonyl (C=O) groups is 2. The minimum atomic E-state index is -1.07. The number of aromatic nitrogens is 1. The van der Waals surface area contributed by atoms with Crippen LogP contribution in [0.1, 0.15) is 10.5 Å². The van der Waals surface area contributed by atoms with E-state index >= 15 is 0 Å². The number of hydrogen-bond acceptors (Lipinski definition) is 6. The summed E-state index contributed by atoms with van der Waals surface area (Å²) in [5.74, 6) is -0.794. The Morgan fingerprint density at radius 1 is 1.45 bits per heavy atom. The highest BCUT2D eigenvalue weighted by molar-refractivity contribution is 7.14. The Morgan fingerprint density at radius 3 is 2.91 bits per heavy atom. The largest absolute Gasteiger partial charge is 0.497 e. The van der Waals surface area contributed by atoms with Crippen molar-refractivity contribution < 1.29 is 19.4 Å². The van der Waals surface area contributed by atoms with E-state index in [9.17, 15) is 9.59 Å². The summed E-state index contributed by atoms with van der Waals surface area (Å²) in [6.07, 6.45) is 0. The van der Waals surface area contributed by atoms with Crippen LogP contribution in [0.5, 0.6) is 5.75 Å². The second kappa shape index (κ2) is 6.90. The average molecular weight is 321 g/mol. The molecule has 8 heteroatoms. The number of methoxy groups -OCH3 is 1. The van der Waals surface area contributed by atoms with Crippen molar-refractivity contribution in [1.29, 1.82) is 0 Å². The van der Waals surface area contributed by atoms with Crippen LogP contribution >= 0.6 is 11.3 Å². The number of nitrogens with one attached hydrogen (secondary N) is 1. The second-order valence-corrected chi connectivity index (χ2v) is 5.31. The van der Waals surface area contributed by atoms with E-state index in [4.69, 9.17) is 9.84 Å². The Bertz CT molecular complexity index is 686. The van der Waals surface area contributed by atoms with Crippen LogP contribution < -0.4 is 10.1 Å². The first-order valence-electron chi connectivity index (χ1n) is 6.33. The predicted octanol–water partition coefficient (Wildman–Crippen LogP) is 2.05. The molecule has 0 atom stereocenters. The van der Waals surface area contributed by atoms with Gasteiger partial charge >= 0.3 is 5.97 Å². The summed E-state index contributed by atoms with van der Waals surface area (Å²) in [5.41, 5.74) is 0.991. The fraction of sp³-hybridized carbons (Fsp3) is 0.214. The minimum Gasteiger partial charge on any atom is -0.497 e. The van der Waals surface area contributed by atoms with Gasteiger partial charge in [-0.1, -0.05) is 6.07 Å². The monoisotopic (exact) mass is 321 g/mol. The summed E-state index contributed by atoms with van der Waals surface area (Å²) in [6.45, 7) is -0.366. The molecule has 0 fully saturated rings. The zero-order chi connectivity index (χ0) is 16.1. The molecular formula is C14H15N3O4S. The molecule has 1 aromatic carbocycles. The van der Waals surface area contributed by atoms with Gasteiger partial charge in [-0.25, -0.2) is 4.98 Å². The van der Waals surface area contributed by atoms with Gasteiger partial charge in [0.05, 0.1) is 7.11 Å². The molecule has 2 N–H and O–H groups in total. The molecule has 2 aromatic rings. The van der Waals surface area contributed by atoms with Gasteiger partial charge < -0.3 is 20.1 Å². The van der Waals surface area contributed by atoms with E-state index in [2.05, 4.69) is 10.3 Å². The van der Waals surface area contributed by atoms with Gasteiger partial charge in [-0.2, -0.15) is 0 Å². The Hall–Kier alpha value is -2.61. The molecule has 1 amide bonds. The van der Waals surface area contributed by atoms with E-state index < -0.39 is 11.9 Å². The summed E-state index contributed by atoms with van der Waals surface area (Å²) in [4.78, 5) is 27.9. The molecule has 7 nitrogen and oxygen atoms in total. The van der Waals surface area contributed by atoms with Crippen LogP contribution in [0.25, 0.3) is 0 Å². The van der Waals surface area contributed by atoms with Crippen molar-refractivity contribution in [3.63, 3.8) is 0 Å². The average Bonchev–Trinajstić information content (AvgIpc) is 2.94. The van der Waals surface area contributed by atoms with Gasteiger partial charge in [0.15, 0.2) is 5.13 Å². The van der Waals surface area contributed by atoms with Crippen molar-refractivity contribution in [3.05, 3.63) is 35.3 Å². The van der Waals surface area contributed by atoms with Crippen LogP contribution in [0.2, 0.25) is 0 Å². The zero-order valence-electron chi connectivity index (χ0n) is 12.1. The van der Waals surface area contributed by atoms with E-state index in [0.717, 1.165) is 10.6 Å². The van der Waals surface area contributed by atoms with E-state index in [1.54, 1.807) is 18.6 Å². The van der Waals surface area contributed by atoms with Gasteiger partial charge in [0.25, 0.3) is 5.91 Å². The Kier molecular flexibility index (Phi) is 4.95. The van der Waals surface area contributed by atoms with Crippen LogP contribution in [-0.2, 0) is 4.79 Å². The van der Waals surface area contributed by atoms with Crippen LogP contribution in [0.3, 0.4) is 0 Å². The third-order valence-electron chi connectivity index (χ3n) is 2.76. The van der Waals surface area contributed by atoms with Crippen molar-refractivity contribution in [3.8, 4) is 5.75 Å². The normalized spacial score (nSPS) is 10.1. The van der Waals surface area contributed by atoms with E-state index in [1.165, 1.54) is 18.4 Å². The van der Waals surface area contributed by atoms with Crippen molar-refractivity contribution in [1.82, 2.24) is 9.88 Å². The number of carboxylic acid groups (broad SMARTS) is 1. The molecule has 0 saturated carbocycles. The quantitative estimate of drug-likeness (QED) is 0.846. The molecular weight excluding hydrogens is 306 g/mol. The number of ether oxygens (including phenoxy) is 1. The lowest BCUT2D eigenvalue weighted by Crippen LogP contribution is -2.32. The molecule has 1 heterocycles. The maximum Gasteiger partial charge on any atom is 0.323 e. The maximum atomic E-state index is 12.0. The van der Waals surface area contributed by atoms with Crippen LogP contribution in [0.4, 0.5) is 10.8 Å². The predicted molar refractivity (Wildman–Crippen MR) is 83.0 cm³/mol. The number of carbonyl (C=O) groups excluding carboxylic acids is 1. The molecule has 22 heavy (non-hydrogen) atoms. The lowest BCUT2D eigenvalue weighted by atomic mass is 10.3. The molecule has 0 aliphatic carbocycles. The first kappa shape index (κ1) is 15.8. The van der Waals surface area contributed by atoms with Gasteiger partial charge in [-0.05, 0) is 12.1 Å². The lowest BCUT2D eigenvalue weighted by Gasteiger charge is -2.12. The molecule has 1 aromatic heterocycles. The minimum absolute atomic E-state index is 0.208. The van der Waals surface area contributed by atoms with Crippen LogP contribution in [-0.4, -0.2) is 47.6 Å². The Morgan fingerprint density at radius 2 is 2.23 bits per heavy atom. The third-order valence-corrected chi connectivity index (χ3v) is 3.52. The van der Waals surface area contributed by atoms with E-state index in [0.29, 0.717) is 10.9 Å². The fourth-order valence-corrected chi connectivity index (χ4v) is 2.43. The zero-order valence-corrected chi connectivity index (χ0v) is 12.9. The summed E-state index contributed by atoms with van der Waals surface area (Å²) in [6, 6.07) is 7.31. The lowest BCUT2D eigenvalue weighted by molar-refractivity contribution is -0.137. The van der Waals surface area contributed by atoms with E-state index in [1.807, 2.05) is 18.2 Å². The fourth-order valence-electron chi connectivity index (χ4n) is 1.72. The standard InChI is InChI=1S/C14H15N3O4S/c1-17(7-12(18)19)13(20)11-8-22-14(16-11)15-9-4-3-5-10(6-9)21-2/h3-6,8H,7H2,1-2H3,(H,15,16)(H,18,19). The molecule has 116 valence electrons. The second-order valence-electron chi connectivity index (χ2n) is 4.45. The number of carboxylic acids is 1. The van der Waals surface area contributed by atoms with Crippen LogP contribution in [0, 0.1) is 0 Å². The molecule has 0 spiro atoms. The molecule has 0 saturated heterocycles. The van der Waals surface area contributed by atoms with Gasteiger partial charge in [-0.15, -0.1) is 11.3 Å². The number of aliphatic carboxylic acids is 1. The van der Waals surface area contributed by atoms with Crippen molar-refractivity contribution in [2.45, 2.75) is 0 Å². The number of benzene rings is 1. The molecule has 0 unspecified atom stereocenters. The molecule has 0 aliphatic heterocycles. The number of anilines is 2. The highest BCUT2D eigenvalue weighted by Crippen LogP contribution is 2.24. The van der Waals surface area contributed by atoms with Gasteiger partial charge in [-0.3, -0.25) is 9.59 Å². The number of hydrogen-bond donors (Lipinski definition) is 2. The molecule has 0 aliphatic rings. The smallest absolute Gasteiger partial charge is 0.323 e. The van der Waals surface area contributed by atoms with Crippen molar-refractivity contribution >= 4 is 34.0 Å². The summed E-state index contributed by atoms with van der Waals surface area (Å²) >= 11 is 1.26. The molecule has 0 bridgehead atoms. The number of rotatable bonds is 6. The number of likely N-dealkylation sites (N-methyl/N-ethyl adjacent to an activating group) is 1. The van der Waals surface area contributed by atoms with E-state index in [-0.39, 0.29) is 12.2 Å². The topological polar surface area (TPSA) is 91.8 Å². The number of nitrogens with zero attached hydrogens (tertiary/aromatic N) is 2. The summed E-state index contributed by atoms with van der Waals surface area (Å²) in [5, 5.41) is 13.9. The van der Waals surface area contributed by atoms with Gasteiger partial charge in [0.2, 0.25) is 0 Å². The molecule has 2 rings (SSSR count). The highest BCUT2D eigenvalue weighted by atomic mass is 32.1. The SMILES string of the molecule is COc1cccc(Nc2nc(C(=O)N(C)CC(=O)O)cs2)c1. The first-order chi connectivity index (χ1) is 10.5. The highest BCUT2D eigenvalue weighted by Gasteiger charge is 2.17. The molecule has 0 radical (unpaired) electrons. The Balaban J connectivity index is 2.07. The number of amides is 1. The van der Waals surface area contributed by atoms with Crippen LogP contribution in [0.15, 0.2) is 29.6 Å².